The smallest absolute Gasteiger partial charge is 0.191 e. The van der Waals surface area contributed by atoms with Crippen molar-refractivity contribution in [2.24, 2.45) is 0 Å². The normalized spacial score (nSPS) is 11.1. The molecule has 4 aromatic rings. The van der Waals surface area contributed by atoms with Crippen molar-refractivity contribution in [2.75, 3.05) is 12.9 Å². The first-order valence-corrected chi connectivity index (χ1v) is 12.3. The lowest BCUT2D eigenvalue weighted by atomic mass is 10.1. The van der Waals surface area contributed by atoms with Crippen molar-refractivity contribution in [2.45, 2.75) is 45.4 Å². The van der Waals surface area contributed by atoms with E-state index in [0.717, 1.165) is 58.8 Å². The lowest BCUT2D eigenvalue weighted by Crippen LogP contribution is -2.09. The number of hydrogen-bond acceptors (Lipinski definition) is 6. The Hall–Kier alpha value is -3.39. The zero-order valence-corrected chi connectivity index (χ0v) is 20.8. The minimum Gasteiger partial charge on any atom is -0.497 e. The Bertz CT molecular complexity index is 1260. The number of carbonyl (C=O) groups is 1. The molecule has 176 valence electrons. The quantitative estimate of drug-likeness (QED) is 0.237. The third kappa shape index (κ3) is 5.07. The van der Waals surface area contributed by atoms with Gasteiger partial charge in [0.05, 0.1) is 12.9 Å². The fourth-order valence-electron chi connectivity index (χ4n) is 4.06. The second-order valence-electron chi connectivity index (χ2n) is 8.03. The predicted molar refractivity (Wildman–Crippen MR) is 135 cm³/mol. The first kappa shape index (κ1) is 23.8. The Balaban J connectivity index is 1.43. The summed E-state index contributed by atoms with van der Waals surface area (Å²) in [5.41, 5.74) is 5.07. The van der Waals surface area contributed by atoms with Crippen molar-refractivity contribution < 1.29 is 9.53 Å². The molecule has 0 amide bonds. The minimum atomic E-state index is 0.102. The Morgan fingerprint density at radius 1 is 1.03 bits per heavy atom. The highest BCUT2D eigenvalue weighted by Crippen LogP contribution is 2.25. The van der Waals surface area contributed by atoms with Crippen molar-refractivity contribution in [1.29, 1.82) is 0 Å². The zero-order valence-electron chi connectivity index (χ0n) is 20.0. The number of aryl methyl sites for hydroxylation is 2. The number of nitrogens with zero attached hydrogens (tertiary/aromatic N) is 5. The van der Waals surface area contributed by atoms with Crippen LogP contribution in [-0.2, 0) is 19.5 Å². The minimum absolute atomic E-state index is 0.102. The van der Waals surface area contributed by atoms with Crippen LogP contribution in [0.1, 0.15) is 34.2 Å². The number of ether oxygens (including phenoxy) is 1. The number of pyridine rings is 1. The molecule has 0 aliphatic rings. The highest BCUT2D eigenvalue weighted by atomic mass is 32.2. The summed E-state index contributed by atoms with van der Waals surface area (Å²) < 4.78 is 9.49. The molecule has 0 radical (unpaired) electrons. The van der Waals surface area contributed by atoms with Gasteiger partial charge in [-0.25, -0.2) is 0 Å². The Labute approximate surface area is 204 Å². The van der Waals surface area contributed by atoms with E-state index in [1.807, 2.05) is 41.8 Å². The molecule has 3 aromatic heterocycles. The number of aromatic nitrogens is 5. The molecule has 0 spiro atoms. The fraction of sp³-hybridized carbons (Fsp3) is 0.308. The van der Waals surface area contributed by atoms with Crippen LogP contribution in [0, 0.1) is 13.8 Å². The van der Waals surface area contributed by atoms with Crippen molar-refractivity contribution >= 4 is 17.5 Å². The van der Waals surface area contributed by atoms with Gasteiger partial charge < -0.3 is 13.9 Å². The van der Waals surface area contributed by atoms with E-state index < -0.39 is 0 Å². The third-order valence-electron chi connectivity index (χ3n) is 5.96. The highest BCUT2D eigenvalue weighted by molar-refractivity contribution is 7.99. The maximum Gasteiger partial charge on any atom is 0.191 e. The molecule has 0 bridgehead atoms. The van der Waals surface area contributed by atoms with Crippen LogP contribution in [0.25, 0.3) is 11.4 Å². The summed E-state index contributed by atoms with van der Waals surface area (Å²) in [5.74, 6) is 2.06. The average Bonchev–Trinajstić information content (AvgIpc) is 3.41. The van der Waals surface area contributed by atoms with E-state index in [2.05, 4.69) is 45.7 Å². The molecule has 0 saturated carbocycles. The number of rotatable bonds is 10. The molecular weight excluding hydrogens is 446 g/mol. The van der Waals surface area contributed by atoms with E-state index in [1.54, 1.807) is 19.5 Å². The second-order valence-corrected chi connectivity index (χ2v) is 8.98. The molecule has 0 fully saturated rings. The molecular formula is C26H29N5O2S. The van der Waals surface area contributed by atoms with Gasteiger partial charge in [-0.1, -0.05) is 23.9 Å². The van der Waals surface area contributed by atoms with Gasteiger partial charge in [-0.3, -0.25) is 9.78 Å². The highest BCUT2D eigenvalue weighted by Gasteiger charge is 2.19. The van der Waals surface area contributed by atoms with E-state index in [-0.39, 0.29) is 5.78 Å². The molecule has 0 aliphatic carbocycles. The molecule has 0 N–H and O–H groups in total. The van der Waals surface area contributed by atoms with Gasteiger partial charge in [0.25, 0.3) is 0 Å². The van der Waals surface area contributed by atoms with Crippen molar-refractivity contribution in [3.8, 4) is 17.1 Å². The van der Waals surface area contributed by atoms with Crippen LogP contribution in [0.3, 0.4) is 0 Å². The monoisotopic (exact) mass is 475 g/mol. The zero-order chi connectivity index (χ0) is 24.1. The van der Waals surface area contributed by atoms with E-state index in [1.165, 1.54) is 17.3 Å². The number of benzene rings is 1. The number of Topliss-reactive ketones (excluding diaryl/α,β-unsaturated/α-hetero) is 1. The Kier molecular flexibility index (Phi) is 7.47. The maximum absolute atomic E-state index is 13.1. The largest absolute Gasteiger partial charge is 0.497 e. The fourth-order valence-corrected chi connectivity index (χ4v) is 4.95. The first-order valence-electron chi connectivity index (χ1n) is 11.3. The molecule has 8 heteroatoms. The molecule has 34 heavy (non-hydrogen) atoms. The lowest BCUT2D eigenvalue weighted by Gasteiger charge is -2.10. The van der Waals surface area contributed by atoms with Crippen molar-refractivity contribution in [3.05, 3.63) is 77.4 Å². The molecule has 0 saturated heterocycles. The van der Waals surface area contributed by atoms with Crippen LogP contribution >= 0.6 is 11.8 Å². The number of ketones is 1. The molecule has 0 atom stereocenters. The summed E-state index contributed by atoms with van der Waals surface area (Å²) in [6.45, 7) is 7.68. The van der Waals surface area contributed by atoms with Crippen LogP contribution in [0.2, 0.25) is 0 Å². The van der Waals surface area contributed by atoms with Gasteiger partial charge in [-0.15, -0.1) is 10.2 Å². The maximum atomic E-state index is 13.1. The van der Waals surface area contributed by atoms with Gasteiger partial charge in [-0.05, 0) is 63.1 Å². The molecule has 1 aromatic carbocycles. The SMILES string of the molecule is CCn1c(SCC(=O)c2cc(C)n(CCc3ccc(OC)cc3)c2C)nnc1-c1ccncc1. The van der Waals surface area contributed by atoms with Crippen LogP contribution in [0.4, 0.5) is 0 Å². The van der Waals surface area contributed by atoms with Gasteiger partial charge in [-0.2, -0.15) is 0 Å². The number of hydrogen-bond donors (Lipinski definition) is 0. The molecule has 0 aliphatic heterocycles. The molecule has 0 unspecified atom stereocenters. The van der Waals surface area contributed by atoms with Gasteiger partial charge in [0, 0.05) is 48.0 Å². The third-order valence-corrected chi connectivity index (χ3v) is 6.93. The first-order chi connectivity index (χ1) is 16.5. The summed E-state index contributed by atoms with van der Waals surface area (Å²) in [4.78, 5) is 17.2. The number of thioether (sulfide) groups is 1. The van der Waals surface area contributed by atoms with Gasteiger partial charge in [0.15, 0.2) is 16.8 Å². The van der Waals surface area contributed by atoms with E-state index in [4.69, 9.17) is 4.74 Å². The van der Waals surface area contributed by atoms with Crippen molar-refractivity contribution in [1.82, 2.24) is 24.3 Å². The van der Waals surface area contributed by atoms with Gasteiger partial charge in [0.1, 0.15) is 5.75 Å². The molecule has 4 rings (SSSR count). The van der Waals surface area contributed by atoms with E-state index in [0.29, 0.717) is 5.75 Å². The topological polar surface area (TPSA) is 74.8 Å². The second kappa shape index (κ2) is 10.7. The molecule has 7 nitrogen and oxygen atoms in total. The Morgan fingerprint density at radius 2 is 1.76 bits per heavy atom. The van der Waals surface area contributed by atoms with Crippen LogP contribution < -0.4 is 4.74 Å². The summed E-state index contributed by atoms with van der Waals surface area (Å²) >= 11 is 1.43. The predicted octanol–water partition coefficient (Wildman–Crippen LogP) is 5.00. The number of methoxy groups -OCH3 is 1. The van der Waals surface area contributed by atoms with E-state index >= 15 is 0 Å². The standard InChI is InChI=1S/C26H29N5O2S/c1-5-30-25(21-10-13-27-14-11-21)28-29-26(30)34-17-24(32)23-16-18(2)31(19(23)3)15-12-20-6-8-22(33-4)9-7-20/h6-11,13-14,16H,5,12,15,17H2,1-4H3. The summed E-state index contributed by atoms with van der Waals surface area (Å²) in [6.07, 6.45) is 4.37. The van der Waals surface area contributed by atoms with E-state index in [9.17, 15) is 4.79 Å². The lowest BCUT2D eigenvalue weighted by molar-refractivity contribution is 0.102. The van der Waals surface area contributed by atoms with Crippen LogP contribution in [0.15, 0.2) is 60.0 Å². The number of carbonyl (C=O) groups excluding carboxylic acids is 1. The van der Waals surface area contributed by atoms with Gasteiger partial charge in [0.2, 0.25) is 0 Å². The summed E-state index contributed by atoms with van der Waals surface area (Å²) in [6, 6.07) is 13.9. The molecule has 3 heterocycles. The average molecular weight is 476 g/mol. The van der Waals surface area contributed by atoms with Crippen LogP contribution in [-0.4, -0.2) is 43.0 Å². The summed E-state index contributed by atoms with van der Waals surface area (Å²) in [7, 11) is 1.67. The Morgan fingerprint density at radius 3 is 2.44 bits per heavy atom. The summed E-state index contributed by atoms with van der Waals surface area (Å²) in [5, 5.41) is 9.43. The van der Waals surface area contributed by atoms with Crippen LogP contribution in [0.5, 0.6) is 5.75 Å². The van der Waals surface area contributed by atoms with Crippen molar-refractivity contribution in [3.63, 3.8) is 0 Å². The van der Waals surface area contributed by atoms with Gasteiger partial charge >= 0.3 is 0 Å².